The average molecular weight is 605 g/mol. The molecule has 1 heterocycles. The van der Waals surface area contributed by atoms with Gasteiger partial charge in [0.2, 0.25) is 0 Å². The van der Waals surface area contributed by atoms with E-state index < -0.39 is 0 Å². The largest absolute Gasteiger partial charge is 0.494 e. The van der Waals surface area contributed by atoms with E-state index in [-0.39, 0.29) is 6.79 Å². The molecule has 0 saturated carbocycles. The van der Waals surface area contributed by atoms with Crippen molar-refractivity contribution in [1.29, 1.82) is 0 Å². The van der Waals surface area contributed by atoms with Gasteiger partial charge in [-0.05, 0) is 55.1 Å². The van der Waals surface area contributed by atoms with Crippen LogP contribution in [0.1, 0.15) is 34.7 Å². The molecule has 3 aromatic carbocycles. The maximum Gasteiger partial charge on any atom is 0.188 e. The molecule has 0 aromatic heterocycles. The fourth-order valence-electron chi connectivity index (χ4n) is 5.81. The first-order chi connectivity index (χ1) is 21.6. The predicted octanol–water partition coefficient (Wildman–Crippen LogP) is 4.58. The molecule has 1 aliphatic heterocycles. The Morgan fingerprint density at radius 3 is 1.68 bits per heavy atom. The second kappa shape index (κ2) is 18.7. The van der Waals surface area contributed by atoms with Gasteiger partial charge in [0.25, 0.3) is 0 Å². The first kappa shape index (κ1) is 33.9. The SMILES string of the molecule is CCOc1ccccc1CN1CCN(Cc2cc(CCN)ccc2CCOC)CCN(Cc2ccccc2OCOC)CC1. The van der Waals surface area contributed by atoms with Crippen LogP contribution in [0.5, 0.6) is 11.5 Å². The maximum atomic E-state index is 5.99. The van der Waals surface area contributed by atoms with E-state index in [1.165, 1.54) is 27.8 Å². The van der Waals surface area contributed by atoms with Gasteiger partial charge in [0, 0.05) is 84.2 Å². The van der Waals surface area contributed by atoms with Gasteiger partial charge in [-0.15, -0.1) is 0 Å². The third-order valence-corrected chi connectivity index (χ3v) is 8.24. The molecule has 4 rings (SSSR count). The highest BCUT2D eigenvalue weighted by Crippen LogP contribution is 2.23. The lowest BCUT2D eigenvalue weighted by molar-refractivity contribution is 0.0497. The Hall–Kier alpha value is -2.98. The Bertz CT molecular complexity index is 1260. The minimum atomic E-state index is 0.242. The zero-order chi connectivity index (χ0) is 31.0. The van der Waals surface area contributed by atoms with Crippen LogP contribution >= 0.6 is 0 Å². The number of benzene rings is 3. The molecule has 0 radical (unpaired) electrons. The Labute approximate surface area is 264 Å². The molecule has 8 nitrogen and oxygen atoms in total. The first-order valence-electron chi connectivity index (χ1n) is 16.0. The number of hydrogen-bond acceptors (Lipinski definition) is 8. The summed E-state index contributed by atoms with van der Waals surface area (Å²) in [5.41, 5.74) is 12.4. The van der Waals surface area contributed by atoms with Crippen LogP contribution in [0.2, 0.25) is 0 Å². The number of rotatable bonds is 16. The summed E-state index contributed by atoms with van der Waals surface area (Å²) >= 11 is 0. The second-order valence-corrected chi connectivity index (χ2v) is 11.4. The van der Waals surface area contributed by atoms with Crippen LogP contribution in [0.3, 0.4) is 0 Å². The van der Waals surface area contributed by atoms with E-state index in [0.29, 0.717) is 19.8 Å². The fraction of sp³-hybridized carbons (Fsp3) is 0.500. The summed E-state index contributed by atoms with van der Waals surface area (Å²) in [6, 6.07) is 23.6. The van der Waals surface area contributed by atoms with Gasteiger partial charge in [-0.1, -0.05) is 54.6 Å². The van der Waals surface area contributed by atoms with Gasteiger partial charge >= 0.3 is 0 Å². The van der Waals surface area contributed by atoms with Crippen molar-refractivity contribution < 1.29 is 18.9 Å². The molecule has 44 heavy (non-hydrogen) atoms. The van der Waals surface area contributed by atoms with Crippen molar-refractivity contribution in [3.63, 3.8) is 0 Å². The summed E-state index contributed by atoms with van der Waals surface area (Å²) in [6.45, 7) is 12.8. The van der Waals surface area contributed by atoms with E-state index in [1.807, 2.05) is 19.1 Å². The van der Waals surface area contributed by atoms with Crippen molar-refractivity contribution in [2.24, 2.45) is 5.73 Å². The van der Waals surface area contributed by atoms with Crippen molar-refractivity contribution in [2.45, 2.75) is 39.4 Å². The van der Waals surface area contributed by atoms with Gasteiger partial charge in [-0.3, -0.25) is 14.7 Å². The molecule has 0 aliphatic carbocycles. The van der Waals surface area contributed by atoms with Gasteiger partial charge in [0.1, 0.15) is 11.5 Å². The van der Waals surface area contributed by atoms with Crippen LogP contribution in [0, 0.1) is 0 Å². The van der Waals surface area contributed by atoms with E-state index in [1.54, 1.807) is 14.2 Å². The smallest absolute Gasteiger partial charge is 0.188 e. The molecule has 1 aliphatic rings. The molecular formula is C36H52N4O4. The molecule has 8 heteroatoms. The average Bonchev–Trinajstić information content (AvgIpc) is 3.13. The van der Waals surface area contributed by atoms with Gasteiger partial charge in [-0.2, -0.15) is 0 Å². The Kier molecular flexibility index (Phi) is 14.4. The van der Waals surface area contributed by atoms with E-state index in [0.717, 1.165) is 83.2 Å². The van der Waals surface area contributed by atoms with E-state index in [4.69, 9.17) is 24.7 Å². The van der Waals surface area contributed by atoms with E-state index >= 15 is 0 Å². The van der Waals surface area contributed by atoms with Crippen LogP contribution in [0.25, 0.3) is 0 Å². The molecule has 0 amide bonds. The van der Waals surface area contributed by atoms with E-state index in [2.05, 4.69) is 69.3 Å². The van der Waals surface area contributed by atoms with Crippen molar-refractivity contribution in [3.8, 4) is 11.5 Å². The highest BCUT2D eigenvalue weighted by Gasteiger charge is 2.20. The number of methoxy groups -OCH3 is 2. The zero-order valence-electron chi connectivity index (χ0n) is 27.0. The van der Waals surface area contributed by atoms with Gasteiger partial charge in [0.05, 0.1) is 13.2 Å². The Morgan fingerprint density at radius 2 is 1.16 bits per heavy atom. The second-order valence-electron chi connectivity index (χ2n) is 11.4. The molecule has 3 aromatic rings. The summed E-state index contributed by atoms with van der Waals surface area (Å²) in [7, 11) is 3.43. The number of nitrogens with zero attached hydrogens (tertiary/aromatic N) is 3. The molecule has 1 saturated heterocycles. The Balaban J connectivity index is 1.57. The van der Waals surface area contributed by atoms with Crippen LogP contribution in [-0.4, -0.2) is 94.7 Å². The third-order valence-electron chi connectivity index (χ3n) is 8.24. The summed E-state index contributed by atoms with van der Waals surface area (Å²) in [6.07, 6.45) is 1.80. The molecule has 0 atom stereocenters. The first-order valence-corrected chi connectivity index (χ1v) is 16.0. The number of hydrogen-bond donors (Lipinski definition) is 1. The summed E-state index contributed by atoms with van der Waals surface area (Å²) in [5.74, 6) is 1.86. The molecule has 0 bridgehead atoms. The van der Waals surface area contributed by atoms with Crippen molar-refractivity contribution >= 4 is 0 Å². The number of para-hydroxylation sites is 2. The lowest BCUT2D eigenvalue weighted by Gasteiger charge is -2.27. The molecule has 1 fully saturated rings. The standard InChI is InChI=1S/C36H52N4O4/c1-4-43-35-11-7-5-9-32(35)26-38-18-19-39(27-33-10-6-8-12-36(33)44-29-42-3)21-23-40(22-20-38)28-34-25-30(15-17-37)13-14-31(34)16-24-41-2/h5-14,25H,4,15-24,26-29,37H2,1-3H3. The van der Waals surface area contributed by atoms with Gasteiger partial charge in [-0.25, -0.2) is 0 Å². The van der Waals surface area contributed by atoms with Crippen LogP contribution < -0.4 is 15.2 Å². The normalized spacial score (nSPS) is 15.5. The van der Waals surface area contributed by atoms with Crippen LogP contribution in [0.15, 0.2) is 66.7 Å². The fourth-order valence-corrected chi connectivity index (χ4v) is 5.81. The lowest BCUT2D eigenvalue weighted by atomic mass is 9.99. The highest BCUT2D eigenvalue weighted by atomic mass is 16.7. The van der Waals surface area contributed by atoms with Crippen molar-refractivity contribution in [2.75, 3.05) is 80.0 Å². The zero-order valence-corrected chi connectivity index (χ0v) is 27.0. The van der Waals surface area contributed by atoms with Gasteiger partial charge < -0.3 is 24.7 Å². The lowest BCUT2D eigenvalue weighted by Crippen LogP contribution is -2.35. The Morgan fingerprint density at radius 1 is 0.614 bits per heavy atom. The topological polar surface area (TPSA) is 72.7 Å². The molecule has 0 unspecified atom stereocenters. The monoisotopic (exact) mass is 604 g/mol. The van der Waals surface area contributed by atoms with Crippen molar-refractivity contribution in [3.05, 3.63) is 94.5 Å². The van der Waals surface area contributed by atoms with Crippen LogP contribution in [0.4, 0.5) is 0 Å². The number of nitrogens with two attached hydrogens (primary N) is 1. The molecule has 240 valence electrons. The molecule has 0 spiro atoms. The third kappa shape index (κ3) is 10.6. The molecular weight excluding hydrogens is 552 g/mol. The van der Waals surface area contributed by atoms with Crippen LogP contribution in [-0.2, 0) is 41.9 Å². The summed E-state index contributed by atoms with van der Waals surface area (Å²) in [4.78, 5) is 7.75. The minimum Gasteiger partial charge on any atom is -0.494 e. The molecule has 2 N–H and O–H groups in total. The van der Waals surface area contributed by atoms with Gasteiger partial charge in [0.15, 0.2) is 6.79 Å². The minimum absolute atomic E-state index is 0.242. The number of ether oxygens (including phenoxy) is 4. The van der Waals surface area contributed by atoms with Crippen molar-refractivity contribution in [1.82, 2.24) is 14.7 Å². The quantitative estimate of drug-likeness (QED) is 0.239. The highest BCUT2D eigenvalue weighted by molar-refractivity contribution is 5.35. The predicted molar refractivity (Wildman–Crippen MR) is 177 cm³/mol. The maximum absolute atomic E-state index is 5.99. The van der Waals surface area contributed by atoms with E-state index in [9.17, 15) is 0 Å². The summed E-state index contributed by atoms with van der Waals surface area (Å²) < 4.78 is 22.6. The summed E-state index contributed by atoms with van der Waals surface area (Å²) in [5, 5.41) is 0.